The summed E-state index contributed by atoms with van der Waals surface area (Å²) in [6, 6.07) is 15.0. The maximum absolute atomic E-state index is 13.1. The smallest absolute Gasteiger partial charge is 0.237 e. The van der Waals surface area contributed by atoms with Crippen LogP contribution in [-0.2, 0) is 16.1 Å². The minimum absolute atomic E-state index is 0.0993. The number of methoxy groups -OCH3 is 1. The summed E-state index contributed by atoms with van der Waals surface area (Å²) in [5.41, 5.74) is 2.44. The van der Waals surface area contributed by atoms with Gasteiger partial charge < -0.3 is 18.9 Å². The van der Waals surface area contributed by atoms with Gasteiger partial charge in [0.25, 0.3) is 0 Å². The second-order valence-electron chi connectivity index (χ2n) is 6.84. The van der Waals surface area contributed by atoms with Crippen LogP contribution in [0.4, 0.5) is 5.69 Å². The van der Waals surface area contributed by atoms with Crippen LogP contribution in [-0.4, -0.2) is 48.1 Å². The Labute approximate surface area is 196 Å². The number of fused-ring (bicyclic) bond motifs is 1. The number of nitriles is 1. The van der Waals surface area contributed by atoms with Crippen molar-refractivity contribution in [3.05, 3.63) is 47.5 Å². The molecule has 0 aliphatic heterocycles. The number of imidazole rings is 1. The minimum Gasteiger partial charge on any atom is -0.494 e. The molecular weight excluding hydrogens is 448 g/mol. The Morgan fingerprint density at radius 1 is 1.28 bits per heavy atom. The maximum Gasteiger partial charge on any atom is 0.237 e. The molecule has 3 aromatic rings. The number of hydrogen-bond donors (Lipinski definition) is 0. The number of amides is 1. The van der Waals surface area contributed by atoms with Crippen LogP contribution in [0.15, 0.2) is 47.6 Å². The van der Waals surface area contributed by atoms with Crippen LogP contribution in [0.3, 0.4) is 0 Å². The first-order valence-electron chi connectivity index (χ1n) is 10.2. The minimum atomic E-state index is -0.0993. The SMILES string of the molecule is CCOc1ccc(N(CCC#N)C(=O)CSc2nc3cc(Cl)ccc3n2CCOC)cc1. The van der Waals surface area contributed by atoms with Gasteiger partial charge in [-0.1, -0.05) is 23.4 Å². The lowest BCUT2D eigenvalue weighted by molar-refractivity contribution is -0.116. The molecular formula is C23H25ClN4O3S. The molecule has 3 rings (SSSR count). The number of benzene rings is 2. The fourth-order valence-corrected chi connectivity index (χ4v) is 4.33. The molecule has 7 nitrogen and oxygen atoms in total. The summed E-state index contributed by atoms with van der Waals surface area (Å²) in [7, 11) is 1.65. The van der Waals surface area contributed by atoms with Crippen LogP contribution in [0, 0.1) is 11.3 Å². The third-order valence-electron chi connectivity index (χ3n) is 4.73. The van der Waals surface area contributed by atoms with Gasteiger partial charge >= 0.3 is 0 Å². The predicted octanol–water partition coefficient (Wildman–Crippen LogP) is 4.77. The van der Waals surface area contributed by atoms with E-state index < -0.39 is 0 Å². The van der Waals surface area contributed by atoms with Crippen molar-refractivity contribution in [2.75, 3.05) is 37.5 Å². The van der Waals surface area contributed by atoms with Gasteiger partial charge in [0, 0.05) is 30.9 Å². The van der Waals surface area contributed by atoms with Gasteiger partial charge in [0.05, 0.1) is 42.5 Å². The molecule has 1 heterocycles. The van der Waals surface area contributed by atoms with Crippen molar-refractivity contribution >= 4 is 46.0 Å². The third-order valence-corrected chi connectivity index (χ3v) is 5.92. The number of rotatable bonds is 11. The number of carbonyl (C=O) groups is 1. The number of hydrogen-bond acceptors (Lipinski definition) is 6. The molecule has 1 aromatic heterocycles. The quantitative estimate of drug-likeness (QED) is 0.374. The molecule has 0 bridgehead atoms. The molecule has 2 aromatic carbocycles. The van der Waals surface area contributed by atoms with Crippen molar-refractivity contribution < 1.29 is 14.3 Å². The zero-order chi connectivity index (χ0) is 22.9. The van der Waals surface area contributed by atoms with Crippen molar-refractivity contribution in [2.24, 2.45) is 0 Å². The Morgan fingerprint density at radius 3 is 2.75 bits per heavy atom. The summed E-state index contributed by atoms with van der Waals surface area (Å²) >= 11 is 7.48. The molecule has 0 unspecified atom stereocenters. The maximum atomic E-state index is 13.1. The van der Waals surface area contributed by atoms with Crippen LogP contribution >= 0.6 is 23.4 Å². The highest BCUT2D eigenvalue weighted by Gasteiger charge is 2.19. The van der Waals surface area contributed by atoms with E-state index in [1.165, 1.54) is 11.8 Å². The van der Waals surface area contributed by atoms with E-state index in [0.29, 0.717) is 31.3 Å². The lowest BCUT2D eigenvalue weighted by Gasteiger charge is -2.22. The normalized spacial score (nSPS) is 10.8. The first-order valence-corrected chi connectivity index (χ1v) is 11.6. The van der Waals surface area contributed by atoms with Gasteiger partial charge in [-0.05, 0) is 49.4 Å². The molecule has 1 amide bonds. The van der Waals surface area contributed by atoms with E-state index in [-0.39, 0.29) is 18.1 Å². The molecule has 0 saturated carbocycles. The zero-order valence-electron chi connectivity index (χ0n) is 18.1. The summed E-state index contributed by atoms with van der Waals surface area (Å²) in [4.78, 5) is 19.4. The lowest BCUT2D eigenvalue weighted by atomic mass is 10.2. The van der Waals surface area contributed by atoms with Gasteiger partial charge in [0.2, 0.25) is 5.91 Å². The Bertz CT molecular complexity index is 1100. The van der Waals surface area contributed by atoms with Crippen molar-refractivity contribution in [3.63, 3.8) is 0 Å². The second kappa shape index (κ2) is 11.8. The fourth-order valence-electron chi connectivity index (χ4n) is 3.24. The highest BCUT2D eigenvalue weighted by atomic mass is 35.5. The van der Waals surface area contributed by atoms with Crippen LogP contribution in [0.5, 0.6) is 5.75 Å². The molecule has 0 radical (unpaired) electrons. The summed E-state index contributed by atoms with van der Waals surface area (Å²) < 4.78 is 12.7. The Kier molecular flexibility index (Phi) is 8.80. The molecule has 0 aliphatic carbocycles. The number of ether oxygens (including phenoxy) is 2. The molecule has 0 fully saturated rings. The average molecular weight is 473 g/mol. The van der Waals surface area contributed by atoms with E-state index in [2.05, 4.69) is 11.1 Å². The Hall–Kier alpha value is -2.73. The van der Waals surface area contributed by atoms with Crippen molar-refractivity contribution in [3.8, 4) is 11.8 Å². The number of anilines is 1. The number of nitrogens with zero attached hydrogens (tertiary/aromatic N) is 4. The average Bonchev–Trinajstić information content (AvgIpc) is 3.14. The van der Waals surface area contributed by atoms with Gasteiger partial charge in [-0.15, -0.1) is 0 Å². The second-order valence-corrected chi connectivity index (χ2v) is 8.22. The monoisotopic (exact) mass is 472 g/mol. The highest BCUT2D eigenvalue weighted by molar-refractivity contribution is 7.99. The molecule has 168 valence electrons. The molecule has 0 spiro atoms. The van der Waals surface area contributed by atoms with E-state index in [1.54, 1.807) is 12.0 Å². The predicted molar refractivity (Wildman–Crippen MR) is 128 cm³/mol. The van der Waals surface area contributed by atoms with E-state index in [0.717, 1.165) is 27.6 Å². The molecule has 32 heavy (non-hydrogen) atoms. The summed E-state index contributed by atoms with van der Waals surface area (Å²) in [5.74, 6) is 0.824. The van der Waals surface area contributed by atoms with Gasteiger partial charge in [0.1, 0.15) is 5.75 Å². The van der Waals surface area contributed by atoms with E-state index in [1.807, 2.05) is 54.0 Å². The fraction of sp³-hybridized carbons (Fsp3) is 0.348. The van der Waals surface area contributed by atoms with Crippen molar-refractivity contribution in [2.45, 2.75) is 25.0 Å². The van der Waals surface area contributed by atoms with Gasteiger partial charge in [-0.25, -0.2) is 4.98 Å². The molecule has 9 heteroatoms. The number of carbonyl (C=O) groups excluding carboxylic acids is 1. The summed E-state index contributed by atoms with van der Waals surface area (Å²) in [6.45, 7) is 3.95. The van der Waals surface area contributed by atoms with Crippen molar-refractivity contribution in [1.29, 1.82) is 5.26 Å². The number of thioether (sulfide) groups is 1. The number of halogens is 1. The van der Waals surface area contributed by atoms with E-state index in [9.17, 15) is 4.79 Å². The van der Waals surface area contributed by atoms with Crippen LogP contribution in [0.2, 0.25) is 5.02 Å². The molecule has 0 aliphatic rings. The Morgan fingerprint density at radius 2 is 2.06 bits per heavy atom. The topological polar surface area (TPSA) is 80.4 Å². The van der Waals surface area contributed by atoms with Crippen LogP contribution in [0.1, 0.15) is 13.3 Å². The summed E-state index contributed by atoms with van der Waals surface area (Å²) in [5, 5.41) is 10.4. The standard InChI is InChI=1S/C23H25ClN4O3S/c1-3-31-19-8-6-18(7-9-19)27(12-4-11-25)22(29)16-32-23-26-20-15-17(24)5-10-21(20)28(23)13-14-30-2/h5-10,15H,3-4,12-14,16H2,1-2H3. The van der Waals surface area contributed by atoms with E-state index in [4.69, 9.17) is 26.3 Å². The largest absolute Gasteiger partial charge is 0.494 e. The third kappa shape index (κ3) is 5.94. The zero-order valence-corrected chi connectivity index (χ0v) is 19.7. The number of aromatic nitrogens is 2. The highest BCUT2D eigenvalue weighted by Crippen LogP contribution is 2.27. The van der Waals surface area contributed by atoms with Gasteiger partial charge in [-0.2, -0.15) is 5.26 Å². The lowest BCUT2D eigenvalue weighted by Crippen LogP contribution is -2.33. The van der Waals surface area contributed by atoms with Crippen LogP contribution < -0.4 is 9.64 Å². The van der Waals surface area contributed by atoms with Crippen molar-refractivity contribution in [1.82, 2.24) is 9.55 Å². The van der Waals surface area contributed by atoms with Gasteiger partial charge in [0.15, 0.2) is 5.16 Å². The Balaban J connectivity index is 1.79. The van der Waals surface area contributed by atoms with Gasteiger partial charge in [-0.3, -0.25) is 4.79 Å². The molecule has 0 atom stereocenters. The summed E-state index contributed by atoms with van der Waals surface area (Å²) in [6.07, 6.45) is 0.245. The van der Waals surface area contributed by atoms with Crippen LogP contribution in [0.25, 0.3) is 11.0 Å². The first-order chi connectivity index (χ1) is 15.6. The van der Waals surface area contributed by atoms with E-state index >= 15 is 0 Å². The molecule has 0 saturated heterocycles. The first kappa shape index (κ1) is 23.9. The molecule has 0 N–H and O–H groups in total.